The molecule has 0 spiro atoms. The molecule has 0 aliphatic rings. The molecule has 0 fully saturated rings. The summed E-state index contributed by atoms with van der Waals surface area (Å²) < 4.78 is 25.8. The molecule has 106 valence electrons. The van der Waals surface area contributed by atoms with Crippen LogP contribution in [0.5, 0.6) is 0 Å². The van der Waals surface area contributed by atoms with E-state index in [1.807, 2.05) is 6.07 Å². The summed E-state index contributed by atoms with van der Waals surface area (Å²) in [6, 6.07) is 12.3. The molecule has 3 nitrogen and oxygen atoms in total. The third-order valence-corrected chi connectivity index (χ3v) is 2.89. The molecule has 0 bridgehead atoms. The highest BCUT2D eigenvalue weighted by atomic mass is 19.2. The molecule has 0 saturated heterocycles. The standard InChI is InChI=1S/C16H12F2N2O/c17-14-5-4-11(7-15(14)18)8-16(21)20-10-13-3-1-2-12(6-13)9-19/h1-7H,8,10H2,(H,20,21). The predicted octanol–water partition coefficient (Wildman–Crippen LogP) is 2.70. The van der Waals surface area contributed by atoms with Crippen LogP contribution in [0.2, 0.25) is 0 Å². The van der Waals surface area contributed by atoms with Crippen LogP contribution in [0, 0.1) is 23.0 Å². The van der Waals surface area contributed by atoms with Crippen LogP contribution in [-0.4, -0.2) is 5.91 Å². The van der Waals surface area contributed by atoms with Gasteiger partial charge in [0.1, 0.15) is 0 Å². The first-order valence-corrected chi connectivity index (χ1v) is 6.28. The summed E-state index contributed by atoms with van der Waals surface area (Å²) in [5.74, 6) is -2.21. The third kappa shape index (κ3) is 4.11. The van der Waals surface area contributed by atoms with E-state index in [4.69, 9.17) is 5.26 Å². The topological polar surface area (TPSA) is 52.9 Å². The average Bonchev–Trinajstić information content (AvgIpc) is 2.49. The Morgan fingerprint density at radius 3 is 2.62 bits per heavy atom. The van der Waals surface area contributed by atoms with Crippen molar-refractivity contribution >= 4 is 5.91 Å². The first kappa shape index (κ1) is 14.7. The van der Waals surface area contributed by atoms with Crippen molar-refractivity contribution in [3.05, 3.63) is 70.8 Å². The molecule has 2 aromatic rings. The highest BCUT2D eigenvalue weighted by molar-refractivity contribution is 5.78. The van der Waals surface area contributed by atoms with E-state index < -0.39 is 11.6 Å². The molecule has 21 heavy (non-hydrogen) atoms. The van der Waals surface area contributed by atoms with Crippen molar-refractivity contribution in [2.24, 2.45) is 0 Å². The number of amides is 1. The summed E-state index contributed by atoms with van der Waals surface area (Å²) in [4.78, 5) is 11.7. The zero-order valence-corrected chi connectivity index (χ0v) is 11.1. The minimum Gasteiger partial charge on any atom is -0.352 e. The van der Waals surface area contributed by atoms with Crippen LogP contribution < -0.4 is 5.32 Å². The average molecular weight is 286 g/mol. The van der Waals surface area contributed by atoms with Crippen molar-refractivity contribution in [2.45, 2.75) is 13.0 Å². The second kappa shape index (κ2) is 6.62. The molecule has 0 unspecified atom stereocenters. The van der Waals surface area contributed by atoms with E-state index in [-0.39, 0.29) is 18.9 Å². The molecular weight excluding hydrogens is 274 g/mol. The van der Waals surface area contributed by atoms with Gasteiger partial charge in [0.25, 0.3) is 0 Å². The van der Waals surface area contributed by atoms with Crippen molar-refractivity contribution in [3.8, 4) is 6.07 Å². The van der Waals surface area contributed by atoms with Crippen LogP contribution >= 0.6 is 0 Å². The Balaban J connectivity index is 1.92. The predicted molar refractivity (Wildman–Crippen MR) is 73.1 cm³/mol. The second-order valence-corrected chi connectivity index (χ2v) is 4.51. The first-order valence-electron chi connectivity index (χ1n) is 6.28. The van der Waals surface area contributed by atoms with Crippen LogP contribution in [0.15, 0.2) is 42.5 Å². The Kier molecular flexibility index (Phi) is 4.62. The molecule has 5 heteroatoms. The van der Waals surface area contributed by atoms with E-state index in [9.17, 15) is 13.6 Å². The van der Waals surface area contributed by atoms with Gasteiger partial charge in [0.05, 0.1) is 18.1 Å². The maximum atomic E-state index is 13.0. The van der Waals surface area contributed by atoms with Crippen LogP contribution in [0.25, 0.3) is 0 Å². The number of rotatable bonds is 4. The fourth-order valence-corrected chi connectivity index (χ4v) is 1.85. The summed E-state index contributed by atoms with van der Waals surface area (Å²) in [7, 11) is 0. The van der Waals surface area contributed by atoms with Gasteiger partial charge < -0.3 is 5.32 Å². The summed E-state index contributed by atoms with van der Waals surface area (Å²) in [5, 5.41) is 11.4. The molecule has 2 aromatic carbocycles. The molecule has 0 aliphatic heterocycles. The van der Waals surface area contributed by atoms with Gasteiger partial charge in [-0.1, -0.05) is 18.2 Å². The van der Waals surface area contributed by atoms with Crippen LogP contribution in [-0.2, 0) is 17.8 Å². The number of hydrogen-bond donors (Lipinski definition) is 1. The van der Waals surface area contributed by atoms with Gasteiger partial charge in [-0.05, 0) is 35.4 Å². The maximum absolute atomic E-state index is 13.0. The molecule has 1 amide bonds. The normalized spacial score (nSPS) is 9.95. The third-order valence-electron chi connectivity index (χ3n) is 2.89. The minimum atomic E-state index is -0.970. The van der Waals surface area contributed by atoms with E-state index in [2.05, 4.69) is 5.32 Å². The van der Waals surface area contributed by atoms with Crippen LogP contribution in [0.3, 0.4) is 0 Å². The molecule has 0 aromatic heterocycles. The quantitative estimate of drug-likeness (QED) is 0.939. The lowest BCUT2D eigenvalue weighted by Gasteiger charge is -2.06. The summed E-state index contributed by atoms with van der Waals surface area (Å²) in [5.41, 5.74) is 1.72. The number of hydrogen-bond acceptors (Lipinski definition) is 2. The van der Waals surface area contributed by atoms with Gasteiger partial charge >= 0.3 is 0 Å². The Hall–Kier alpha value is -2.74. The number of halogens is 2. The van der Waals surface area contributed by atoms with Gasteiger partial charge in [-0.15, -0.1) is 0 Å². The van der Waals surface area contributed by atoms with Crippen LogP contribution in [0.4, 0.5) is 8.78 Å². The summed E-state index contributed by atoms with van der Waals surface area (Å²) >= 11 is 0. The Bertz CT molecular complexity index is 708. The fourth-order valence-electron chi connectivity index (χ4n) is 1.85. The summed E-state index contributed by atoms with van der Waals surface area (Å²) in [6.07, 6.45) is -0.0326. The maximum Gasteiger partial charge on any atom is 0.224 e. The van der Waals surface area contributed by atoms with E-state index in [0.29, 0.717) is 11.1 Å². The number of nitriles is 1. The molecule has 0 aliphatic carbocycles. The summed E-state index contributed by atoms with van der Waals surface area (Å²) in [6.45, 7) is 0.276. The lowest BCUT2D eigenvalue weighted by atomic mass is 10.1. The number of carbonyl (C=O) groups excluding carboxylic acids is 1. The minimum absolute atomic E-state index is 0.0326. The van der Waals surface area contributed by atoms with Gasteiger partial charge in [0.2, 0.25) is 5.91 Å². The van der Waals surface area contributed by atoms with Crippen molar-refractivity contribution in [3.63, 3.8) is 0 Å². The molecule has 0 heterocycles. The molecular formula is C16H12F2N2O. The first-order chi connectivity index (χ1) is 10.1. The van der Waals surface area contributed by atoms with E-state index in [0.717, 1.165) is 17.7 Å². The van der Waals surface area contributed by atoms with E-state index in [1.165, 1.54) is 6.07 Å². The number of nitrogens with zero attached hydrogens (tertiary/aromatic N) is 1. The largest absolute Gasteiger partial charge is 0.352 e. The highest BCUT2D eigenvalue weighted by Gasteiger charge is 2.07. The van der Waals surface area contributed by atoms with E-state index in [1.54, 1.807) is 24.3 Å². The van der Waals surface area contributed by atoms with E-state index >= 15 is 0 Å². The van der Waals surface area contributed by atoms with Gasteiger partial charge in [-0.3, -0.25) is 4.79 Å². The van der Waals surface area contributed by atoms with Gasteiger partial charge in [0.15, 0.2) is 11.6 Å². The Labute approximate surface area is 120 Å². The van der Waals surface area contributed by atoms with Crippen LogP contribution in [0.1, 0.15) is 16.7 Å². The smallest absolute Gasteiger partial charge is 0.224 e. The van der Waals surface area contributed by atoms with Crippen molar-refractivity contribution in [2.75, 3.05) is 0 Å². The van der Waals surface area contributed by atoms with Crippen molar-refractivity contribution < 1.29 is 13.6 Å². The zero-order chi connectivity index (χ0) is 15.2. The molecule has 0 radical (unpaired) electrons. The molecule has 1 N–H and O–H groups in total. The van der Waals surface area contributed by atoms with Crippen molar-refractivity contribution in [1.82, 2.24) is 5.32 Å². The van der Waals surface area contributed by atoms with Gasteiger partial charge in [-0.2, -0.15) is 5.26 Å². The second-order valence-electron chi connectivity index (χ2n) is 4.51. The lowest BCUT2D eigenvalue weighted by molar-refractivity contribution is -0.120. The van der Waals surface area contributed by atoms with Gasteiger partial charge in [-0.25, -0.2) is 8.78 Å². The monoisotopic (exact) mass is 286 g/mol. The zero-order valence-electron chi connectivity index (χ0n) is 11.1. The Morgan fingerprint density at radius 2 is 1.90 bits per heavy atom. The fraction of sp³-hybridized carbons (Fsp3) is 0.125. The molecule has 0 saturated carbocycles. The molecule has 2 rings (SSSR count). The molecule has 0 atom stereocenters. The number of nitrogens with one attached hydrogen (secondary N) is 1. The Morgan fingerprint density at radius 1 is 1.10 bits per heavy atom. The SMILES string of the molecule is N#Cc1cccc(CNC(=O)Cc2ccc(F)c(F)c2)c1. The lowest BCUT2D eigenvalue weighted by Crippen LogP contribution is -2.24. The highest BCUT2D eigenvalue weighted by Crippen LogP contribution is 2.09. The van der Waals surface area contributed by atoms with Gasteiger partial charge in [0, 0.05) is 6.54 Å². The van der Waals surface area contributed by atoms with Crippen molar-refractivity contribution in [1.29, 1.82) is 5.26 Å². The number of carbonyl (C=O) groups is 1. The number of benzene rings is 2.